The standard InChI is InChI=1S/C15H21N3O2/c1-11(2)18(10-12-6-4-3-5-7-12)15(20)13-8-17-14(19)9-16-13/h3-7,11,13,16H,8-10H2,1-2H3,(H,17,19). The first-order chi connectivity index (χ1) is 9.58. The summed E-state index contributed by atoms with van der Waals surface area (Å²) < 4.78 is 0. The number of amides is 2. The van der Waals surface area contributed by atoms with Crippen molar-refractivity contribution in [2.75, 3.05) is 13.1 Å². The van der Waals surface area contributed by atoms with Crippen molar-refractivity contribution in [1.29, 1.82) is 0 Å². The molecule has 108 valence electrons. The smallest absolute Gasteiger partial charge is 0.242 e. The summed E-state index contributed by atoms with van der Waals surface area (Å²) in [7, 11) is 0. The molecule has 0 aliphatic carbocycles. The molecule has 2 N–H and O–H groups in total. The predicted molar refractivity (Wildman–Crippen MR) is 76.9 cm³/mol. The van der Waals surface area contributed by atoms with Crippen LogP contribution in [-0.4, -0.2) is 41.9 Å². The molecule has 1 aromatic carbocycles. The Hall–Kier alpha value is -1.88. The van der Waals surface area contributed by atoms with Crippen molar-refractivity contribution in [3.63, 3.8) is 0 Å². The number of rotatable bonds is 4. The summed E-state index contributed by atoms with van der Waals surface area (Å²) in [6, 6.07) is 9.70. The van der Waals surface area contributed by atoms with Gasteiger partial charge in [0.2, 0.25) is 11.8 Å². The van der Waals surface area contributed by atoms with Crippen molar-refractivity contribution < 1.29 is 9.59 Å². The van der Waals surface area contributed by atoms with Gasteiger partial charge in [-0.05, 0) is 19.4 Å². The minimum atomic E-state index is -0.334. The summed E-state index contributed by atoms with van der Waals surface area (Å²) in [5, 5.41) is 5.71. The molecule has 5 nitrogen and oxygen atoms in total. The average molecular weight is 275 g/mol. The van der Waals surface area contributed by atoms with Gasteiger partial charge in [0, 0.05) is 19.1 Å². The second kappa shape index (κ2) is 6.52. The summed E-state index contributed by atoms with van der Waals surface area (Å²) in [5.41, 5.74) is 1.11. The van der Waals surface area contributed by atoms with E-state index in [-0.39, 0.29) is 30.4 Å². The number of hydrogen-bond donors (Lipinski definition) is 2. The molecular weight excluding hydrogens is 254 g/mol. The summed E-state index contributed by atoms with van der Waals surface area (Å²) in [4.78, 5) is 25.5. The van der Waals surface area contributed by atoms with Crippen LogP contribution in [0.3, 0.4) is 0 Å². The maximum absolute atomic E-state index is 12.6. The molecule has 1 saturated heterocycles. The number of piperazine rings is 1. The zero-order chi connectivity index (χ0) is 14.5. The van der Waals surface area contributed by atoms with Crippen LogP contribution in [0.4, 0.5) is 0 Å². The SMILES string of the molecule is CC(C)N(Cc1ccccc1)C(=O)C1CNC(=O)CN1. The Balaban J connectivity index is 2.04. The second-order valence-electron chi connectivity index (χ2n) is 5.28. The molecule has 0 aromatic heterocycles. The summed E-state index contributed by atoms with van der Waals surface area (Å²) in [5.74, 6) is -0.0305. The molecule has 2 rings (SSSR count). The maximum Gasteiger partial charge on any atom is 0.242 e. The van der Waals surface area contributed by atoms with Crippen LogP contribution in [0.2, 0.25) is 0 Å². The first-order valence-electron chi connectivity index (χ1n) is 6.92. The van der Waals surface area contributed by atoms with Gasteiger partial charge in [0.1, 0.15) is 6.04 Å². The molecular formula is C15H21N3O2. The lowest BCUT2D eigenvalue weighted by molar-refractivity contribution is -0.137. The second-order valence-corrected chi connectivity index (χ2v) is 5.28. The molecule has 20 heavy (non-hydrogen) atoms. The van der Waals surface area contributed by atoms with Crippen molar-refractivity contribution in [3.8, 4) is 0 Å². The summed E-state index contributed by atoms with van der Waals surface area (Å²) >= 11 is 0. The van der Waals surface area contributed by atoms with E-state index < -0.39 is 0 Å². The number of nitrogens with zero attached hydrogens (tertiary/aromatic N) is 1. The van der Waals surface area contributed by atoms with Gasteiger partial charge in [-0.1, -0.05) is 30.3 Å². The lowest BCUT2D eigenvalue weighted by Crippen LogP contribution is -2.59. The van der Waals surface area contributed by atoms with Crippen LogP contribution in [0.1, 0.15) is 19.4 Å². The number of carbonyl (C=O) groups excluding carboxylic acids is 2. The fourth-order valence-electron chi connectivity index (χ4n) is 2.24. The van der Waals surface area contributed by atoms with Crippen LogP contribution in [0, 0.1) is 0 Å². The zero-order valence-electron chi connectivity index (χ0n) is 11.9. The third-order valence-corrected chi connectivity index (χ3v) is 3.41. The highest BCUT2D eigenvalue weighted by Gasteiger charge is 2.29. The van der Waals surface area contributed by atoms with Gasteiger partial charge in [0.05, 0.1) is 6.54 Å². The number of benzene rings is 1. The van der Waals surface area contributed by atoms with E-state index >= 15 is 0 Å². The molecule has 5 heteroatoms. The van der Waals surface area contributed by atoms with Crippen molar-refractivity contribution in [2.45, 2.75) is 32.5 Å². The quantitative estimate of drug-likeness (QED) is 0.842. The Morgan fingerprint density at radius 1 is 1.35 bits per heavy atom. The highest BCUT2D eigenvalue weighted by atomic mass is 16.2. The Labute approximate surface area is 119 Å². The highest BCUT2D eigenvalue weighted by molar-refractivity contribution is 5.87. The van der Waals surface area contributed by atoms with Gasteiger partial charge >= 0.3 is 0 Å². The molecule has 0 spiro atoms. The number of nitrogens with one attached hydrogen (secondary N) is 2. The molecule has 2 amide bonds. The molecule has 0 bridgehead atoms. The molecule has 1 aliphatic rings. The van der Waals surface area contributed by atoms with Crippen LogP contribution in [-0.2, 0) is 16.1 Å². The van der Waals surface area contributed by atoms with Crippen LogP contribution < -0.4 is 10.6 Å². The maximum atomic E-state index is 12.6. The van der Waals surface area contributed by atoms with E-state index in [1.54, 1.807) is 0 Å². The molecule has 1 aliphatic heterocycles. The Morgan fingerprint density at radius 2 is 2.05 bits per heavy atom. The van der Waals surface area contributed by atoms with Crippen LogP contribution in [0.15, 0.2) is 30.3 Å². The van der Waals surface area contributed by atoms with E-state index in [1.807, 2.05) is 49.1 Å². The molecule has 1 atom stereocenters. The Morgan fingerprint density at radius 3 is 2.60 bits per heavy atom. The first-order valence-corrected chi connectivity index (χ1v) is 6.92. The Bertz CT molecular complexity index is 463. The zero-order valence-corrected chi connectivity index (χ0v) is 11.9. The van der Waals surface area contributed by atoms with E-state index in [1.165, 1.54) is 0 Å². The van der Waals surface area contributed by atoms with E-state index in [4.69, 9.17) is 0 Å². The van der Waals surface area contributed by atoms with Crippen molar-refractivity contribution in [2.24, 2.45) is 0 Å². The van der Waals surface area contributed by atoms with Crippen molar-refractivity contribution in [3.05, 3.63) is 35.9 Å². The van der Waals surface area contributed by atoms with Crippen molar-refractivity contribution >= 4 is 11.8 Å². The third kappa shape index (κ3) is 3.57. The van der Waals surface area contributed by atoms with E-state index in [0.29, 0.717) is 13.1 Å². The monoisotopic (exact) mass is 275 g/mol. The number of carbonyl (C=O) groups is 2. The first kappa shape index (κ1) is 14.5. The largest absolute Gasteiger partial charge is 0.353 e. The molecule has 1 aromatic rings. The molecule has 0 radical (unpaired) electrons. The van der Waals surface area contributed by atoms with Gasteiger partial charge in [0.15, 0.2) is 0 Å². The topological polar surface area (TPSA) is 61.4 Å². The van der Waals surface area contributed by atoms with Gasteiger partial charge in [-0.25, -0.2) is 0 Å². The van der Waals surface area contributed by atoms with Crippen LogP contribution >= 0.6 is 0 Å². The van der Waals surface area contributed by atoms with Crippen LogP contribution in [0.25, 0.3) is 0 Å². The van der Waals surface area contributed by atoms with E-state index in [9.17, 15) is 9.59 Å². The summed E-state index contributed by atoms with van der Waals surface area (Å²) in [6.45, 7) is 5.15. The number of hydrogen-bond acceptors (Lipinski definition) is 3. The summed E-state index contributed by atoms with van der Waals surface area (Å²) in [6.07, 6.45) is 0. The molecule has 1 heterocycles. The predicted octanol–water partition coefficient (Wildman–Crippen LogP) is 0.512. The molecule has 1 fully saturated rings. The average Bonchev–Trinajstić information content (AvgIpc) is 2.45. The normalized spacial score (nSPS) is 18.8. The fourth-order valence-corrected chi connectivity index (χ4v) is 2.24. The fraction of sp³-hybridized carbons (Fsp3) is 0.467. The van der Waals surface area contributed by atoms with Gasteiger partial charge in [0.25, 0.3) is 0 Å². The molecule has 0 saturated carbocycles. The lowest BCUT2D eigenvalue weighted by atomic mass is 10.1. The minimum Gasteiger partial charge on any atom is -0.353 e. The van der Waals surface area contributed by atoms with Gasteiger partial charge in [-0.15, -0.1) is 0 Å². The van der Waals surface area contributed by atoms with Crippen LogP contribution in [0.5, 0.6) is 0 Å². The minimum absolute atomic E-state index is 0.0313. The molecule has 1 unspecified atom stereocenters. The van der Waals surface area contributed by atoms with Gasteiger partial charge in [-0.2, -0.15) is 0 Å². The lowest BCUT2D eigenvalue weighted by Gasteiger charge is -2.32. The highest BCUT2D eigenvalue weighted by Crippen LogP contribution is 2.10. The Kier molecular flexibility index (Phi) is 4.74. The van der Waals surface area contributed by atoms with Gasteiger partial charge in [-0.3, -0.25) is 14.9 Å². The third-order valence-electron chi connectivity index (χ3n) is 3.41. The van der Waals surface area contributed by atoms with Gasteiger partial charge < -0.3 is 10.2 Å². The van der Waals surface area contributed by atoms with E-state index in [2.05, 4.69) is 10.6 Å². The van der Waals surface area contributed by atoms with E-state index in [0.717, 1.165) is 5.56 Å². The van der Waals surface area contributed by atoms with Crippen molar-refractivity contribution in [1.82, 2.24) is 15.5 Å².